The first-order valence-electron chi connectivity index (χ1n) is 10.3. The summed E-state index contributed by atoms with van der Waals surface area (Å²) in [7, 11) is 0. The third-order valence-electron chi connectivity index (χ3n) is 5.04. The van der Waals surface area contributed by atoms with E-state index in [0.717, 1.165) is 10.8 Å². The summed E-state index contributed by atoms with van der Waals surface area (Å²) in [6, 6.07) is 10.9. The minimum Gasteiger partial charge on any atom is -0.335 e. The van der Waals surface area contributed by atoms with E-state index >= 15 is 0 Å². The van der Waals surface area contributed by atoms with Crippen molar-refractivity contribution in [1.29, 1.82) is 5.26 Å². The van der Waals surface area contributed by atoms with Crippen LogP contribution in [-0.2, 0) is 9.59 Å². The molecule has 2 N–H and O–H groups in total. The van der Waals surface area contributed by atoms with Crippen molar-refractivity contribution in [3.05, 3.63) is 70.9 Å². The number of benzene rings is 1. The monoisotopic (exact) mass is 431 g/mol. The molecule has 1 aromatic carbocycles. The second-order valence-electron chi connectivity index (χ2n) is 7.98. The molecule has 0 aliphatic carbocycles. The summed E-state index contributed by atoms with van der Waals surface area (Å²) < 4.78 is 1.30. The molecule has 0 aliphatic heterocycles. The maximum Gasteiger partial charge on any atom is 0.275 e. The lowest BCUT2D eigenvalue weighted by Crippen LogP contribution is -2.39. The van der Waals surface area contributed by atoms with E-state index in [1.807, 2.05) is 38.1 Å². The Morgan fingerprint density at radius 3 is 2.59 bits per heavy atom. The van der Waals surface area contributed by atoms with Crippen LogP contribution in [0.4, 0.5) is 5.69 Å². The van der Waals surface area contributed by atoms with Crippen LogP contribution in [0.25, 0.3) is 10.8 Å². The third kappa shape index (κ3) is 5.01. The van der Waals surface area contributed by atoms with Gasteiger partial charge in [0, 0.05) is 36.5 Å². The molecule has 32 heavy (non-hydrogen) atoms. The molecule has 0 saturated heterocycles. The first-order valence-corrected chi connectivity index (χ1v) is 10.3. The summed E-state index contributed by atoms with van der Waals surface area (Å²) in [5.41, 5.74) is 0.196. The summed E-state index contributed by atoms with van der Waals surface area (Å²) in [5.74, 6) is -0.736. The highest BCUT2D eigenvalue weighted by Crippen LogP contribution is 2.24. The first-order chi connectivity index (χ1) is 15.3. The minimum atomic E-state index is -0.940. The molecule has 3 rings (SSSR count). The highest BCUT2D eigenvalue weighted by molar-refractivity contribution is 5.89. The largest absolute Gasteiger partial charge is 0.335 e. The second kappa shape index (κ2) is 9.88. The molecule has 0 spiro atoms. The van der Waals surface area contributed by atoms with Gasteiger partial charge in [0.15, 0.2) is 0 Å². The number of rotatable bonds is 7. The fraction of sp³-hybridized carbons (Fsp3) is 0.292. The predicted molar refractivity (Wildman–Crippen MR) is 122 cm³/mol. The molecule has 2 atom stereocenters. The molecule has 3 aromatic rings. The van der Waals surface area contributed by atoms with Crippen molar-refractivity contribution in [3.8, 4) is 6.07 Å². The van der Waals surface area contributed by atoms with Gasteiger partial charge in [-0.15, -0.1) is 0 Å². The van der Waals surface area contributed by atoms with Gasteiger partial charge in [-0.25, -0.2) is 0 Å². The Hall–Kier alpha value is -3.99. The van der Waals surface area contributed by atoms with Crippen LogP contribution in [0, 0.1) is 17.2 Å². The van der Waals surface area contributed by atoms with Crippen LogP contribution in [0.3, 0.4) is 0 Å². The Kier molecular flexibility index (Phi) is 7.00. The van der Waals surface area contributed by atoms with Gasteiger partial charge in [0.05, 0.1) is 6.07 Å². The van der Waals surface area contributed by atoms with Gasteiger partial charge in [-0.1, -0.05) is 38.1 Å². The lowest BCUT2D eigenvalue weighted by atomic mass is 10.00. The number of pyridine rings is 2. The number of amides is 2. The SMILES string of the molecule is CC(=O)Nc1cccn([C@@H](CC(C)C)C(=O)NC(C#N)c2cncc3ccccc23)c1=O. The molecular formula is C24H25N5O3. The number of carbonyl (C=O) groups excluding carboxylic acids is 2. The lowest BCUT2D eigenvalue weighted by molar-refractivity contribution is -0.125. The predicted octanol–water partition coefficient (Wildman–Crippen LogP) is 3.32. The topological polar surface area (TPSA) is 117 Å². The van der Waals surface area contributed by atoms with Gasteiger partial charge in [-0.05, 0) is 29.9 Å². The van der Waals surface area contributed by atoms with Crippen molar-refractivity contribution in [1.82, 2.24) is 14.9 Å². The first kappa shape index (κ1) is 22.7. The number of hydrogen-bond acceptors (Lipinski definition) is 5. The van der Waals surface area contributed by atoms with E-state index < -0.39 is 23.6 Å². The highest BCUT2D eigenvalue weighted by atomic mass is 16.2. The van der Waals surface area contributed by atoms with Crippen molar-refractivity contribution < 1.29 is 9.59 Å². The van der Waals surface area contributed by atoms with Gasteiger partial charge in [0.25, 0.3) is 5.56 Å². The fourth-order valence-electron chi connectivity index (χ4n) is 3.62. The molecule has 2 heterocycles. The summed E-state index contributed by atoms with van der Waals surface area (Å²) >= 11 is 0. The Bertz CT molecular complexity index is 1240. The molecule has 1 unspecified atom stereocenters. The average Bonchev–Trinajstić information content (AvgIpc) is 2.76. The van der Waals surface area contributed by atoms with Crippen molar-refractivity contribution in [2.45, 2.75) is 39.3 Å². The van der Waals surface area contributed by atoms with Gasteiger partial charge < -0.3 is 15.2 Å². The summed E-state index contributed by atoms with van der Waals surface area (Å²) in [6.45, 7) is 5.20. The van der Waals surface area contributed by atoms with Crippen molar-refractivity contribution in [3.63, 3.8) is 0 Å². The zero-order valence-electron chi connectivity index (χ0n) is 18.2. The van der Waals surface area contributed by atoms with Crippen LogP contribution in [0.1, 0.15) is 44.8 Å². The smallest absolute Gasteiger partial charge is 0.275 e. The Labute approximate surface area is 185 Å². The molecule has 0 fully saturated rings. The maximum absolute atomic E-state index is 13.3. The molecule has 0 aliphatic rings. The fourth-order valence-corrected chi connectivity index (χ4v) is 3.62. The standard InChI is InChI=1S/C24H25N5O3/c1-15(2)11-22(29-10-6-9-20(24(29)32)27-16(3)30)23(31)28-21(12-25)19-14-26-13-17-7-4-5-8-18(17)19/h4-10,13-15,21-22H,11H2,1-3H3,(H,27,30)(H,28,31)/t21?,22-/m0/s1. The number of nitriles is 1. The highest BCUT2D eigenvalue weighted by Gasteiger charge is 2.27. The number of aromatic nitrogens is 2. The molecule has 8 heteroatoms. The van der Waals surface area contributed by atoms with Crippen LogP contribution in [0.15, 0.2) is 59.8 Å². The van der Waals surface area contributed by atoms with E-state index in [4.69, 9.17) is 0 Å². The van der Waals surface area contributed by atoms with E-state index in [9.17, 15) is 19.6 Å². The Morgan fingerprint density at radius 1 is 1.16 bits per heavy atom. The van der Waals surface area contributed by atoms with E-state index in [0.29, 0.717) is 12.0 Å². The zero-order chi connectivity index (χ0) is 23.3. The average molecular weight is 431 g/mol. The second-order valence-corrected chi connectivity index (χ2v) is 7.98. The number of anilines is 1. The number of nitrogens with one attached hydrogen (secondary N) is 2. The van der Waals surface area contributed by atoms with Gasteiger partial charge in [0.2, 0.25) is 11.8 Å². The van der Waals surface area contributed by atoms with Crippen molar-refractivity contribution in [2.24, 2.45) is 5.92 Å². The molecular weight excluding hydrogens is 406 g/mol. The number of nitrogens with zero attached hydrogens (tertiary/aromatic N) is 3. The molecule has 8 nitrogen and oxygen atoms in total. The van der Waals surface area contributed by atoms with Crippen LogP contribution in [0.2, 0.25) is 0 Å². The normalized spacial score (nSPS) is 12.7. The third-order valence-corrected chi connectivity index (χ3v) is 5.04. The molecule has 2 amide bonds. The van der Waals surface area contributed by atoms with E-state index in [1.165, 1.54) is 23.8 Å². The number of fused-ring (bicyclic) bond motifs is 1. The minimum absolute atomic E-state index is 0.0941. The summed E-state index contributed by atoms with van der Waals surface area (Å²) in [4.78, 5) is 41.9. The zero-order valence-corrected chi connectivity index (χ0v) is 18.2. The Morgan fingerprint density at radius 2 is 1.91 bits per heavy atom. The summed E-state index contributed by atoms with van der Waals surface area (Å²) in [5, 5.41) is 16.8. The molecule has 0 radical (unpaired) electrons. The molecule has 2 aromatic heterocycles. The van der Waals surface area contributed by atoms with Gasteiger partial charge in [-0.3, -0.25) is 19.4 Å². The molecule has 164 valence electrons. The van der Waals surface area contributed by atoms with Gasteiger partial charge in [-0.2, -0.15) is 5.26 Å². The van der Waals surface area contributed by atoms with E-state index in [2.05, 4.69) is 21.7 Å². The summed E-state index contributed by atoms with van der Waals surface area (Å²) in [6.07, 6.45) is 5.16. The molecule has 0 bridgehead atoms. The van der Waals surface area contributed by atoms with Crippen LogP contribution < -0.4 is 16.2 Å². The number of hydrogen-bond donors (Lipinski definition) is 2. The van der Waals surface area contributed by atoms with Crippen LogP contribution in [-0.4, -0.2) is 21.4 Å². The van der Waals surface area contributed by atoms with Crippen molar-refractivity contribution >= 4 is 28.3 Å². The van der Waals surface area contributed by atoms with Gasteiger partial charge in [0.1, 0.15) is 17.8 Å². The maximum atomic E-state index is 13.3. The van der Waals surface area contributed by atoms with E-state index in [-0.39, 0.29) is 17.5 Å². The van der Waals surface area contributed by atoms with Gasteiger partial charge >= 0.3 is 0 Å². The van der Waals surface area contributed by atoms with Crippen LogP contribution in [0.5, 0.6) is 0 Å². The number of carbonyl (C=O) groups is 2. The van der Waals surface area contributed by atoms with Crippen molar-refractivity contribution in [2.75, 3.05) is 5.32 Å². The quantitative estimate of drug-likeness (QED) is 0.595. The molecule has 0 saturated carbocycles. The van der Waals surface area contributed by atoms with E-state index in [1.54, 1.807) is 18.5 Å². The Balaban J connectivity index is 1.97. The van der Waals surface area contributed by atoms with Crippen LogP contribution >= 0.6 is 0 Å². The lowest BCUT2D eigenvalue weighted by Gasteiger charge is -2.23.